The number of hydrogen-bond acceptors (Lipinski definition) is 5. The molecule has 1 saturated heterocycles. The summed E-state index contributed by atoms with van der Waals surface area (Å²) in [5, 5.41) is 9.88. The van der Waals surface area contributed by atoms with Gasteiger partial charge < -0.3 is 16.0 Å². The van der Waals surface area contributed by atoms with Crippen LogP contribution in [-0.2, 0) is 12.8 Å². The van der Waals surface area contributed by atoms with Crippen molar-refractivity contribution in [3.05, 3.63) is 46.1 Å². The maximum atomic E-state index is 12.9. The monoisotopic (exact) mass is 370 g/mol. The van der Waals surface area contributed by atoms with E-state index in [0.29, 0.717) is 28.6 Å². The van der Waals surface area contributed by atoms with E-state index in [1.165, 1.54) is 11.1 Å². The molecule has 3 heterocycles. The van der Waals surface area contributed by atoms with Crippen LogP contribution in [0.25, 0.3) is 0 Å². The average Bonchev–Trinajstić information content (AvgIpc) is 2.99. The van der Waals surface area contributed by atoms with Gasteiger partial charge in [0, 0.05) is 42.8 Å². The highest BCUT2D eigenvalue weighted by atomic mass is 32.1. The van der Waals surface area contributed by atoms with Gasteiger partial charge in [0.25, 0.3) is 11.8 Å². The van der Waals surface area contributed by atoms with Crippen LogP contribution in [0.4, 0.5) is 5.00 Å². The van der Waals surface area contributed by atoms with Crippen LogP contribution in [0.2, 0.25) is 0 Å². The Balaban J connectivity index is 1.57. The quantitative estimate of drug-likeness (QED) is 0.754. The number of aromatic nitrogens is 1. The molecule has 0 unspecified atom stereocenters. The largest absolute Gasteiger partial charge is 0.352 e. The van der Waals surface area contributed by atoms with Gasteiger partial charge in [-0.25, -0.2) is 0 Å². The van der Waals surface area contributed by atoms with Gasteiger partial charge in [-0.15, -0.1) is 11.3 Å². The number of rotatable bonds is 5. The topological polar surface area (TPSA) is 83.1 Å². The smallest absolute Gasteiger partial charge is 0.257 e. The molecular weight excluding hydrogens is 348 g/mol. The number of hydrogen-bond donors (Lipinski definition) is 3. The highest BCUT2D eigenvalue weighted by Crippen LogP contribution is 2.38. The van der Waals surface area contributed by atoms with Crippen molar-refractivity contribution in [3.8, 4) is 0 Å². The Morgan fingerprint density at radius 1 is 1.23 bits per heavy atom. The van der Waals surface area contributed by atoms with E-state index in [9.17, 15) is 9.59 Å². The summed E-state index contributed by atoms with van der Waals surface area (Å²) in [4.78, 5) is 30.6. The van der Waals surface area contributed by atoms with Crippen molar-refractivity contribution in [3.63, 3.8) is 0 Å². The van der Waals surface area contributed by atoms with Crippen LogP contribution in [-0.4, -0.2) is 36.4 Å². The molecule has 6 nitrogen and oxygen atoms in total. The molecule has 4 rings (SSSR count). The van der Waals surface area contributed by atoms with Crippen molar-refractivity contribution >= 4 is 28.2 Å². The average molecular weight is 370 g/mol. The van der Waals surface area contributed by atoms with E-state index in [0.717, 1.165) is 44.3 Å². The zero-order valence-electron chi connectivity index (χ0n) is 14.5. The SMILES string of the molecule is O=C(Nc1sc2c(c1C(=O)NCC1CNC1)CCCC2)c1cccnc1. The van der Waals surface area contributed by atoms with Crippen molar-refractivity contribution < 1.29 is 9.59 Å². The van der Waals surface area contributed by atoms with Gasteiger partial charge in [-0.2, -0.15) is 0 Å². The molecule has 136 valence electrons. The van der Waals surface area contributed by atoms with Crippen molar-refractivity contribution in [2.24, 2.45) is 5.92 Å². The number of thiophene rings is 1. The standard InChI is InChI=1S/C19H22N4O2S/c24-17(13-4-3-7-20-11-13)23-19-16(14-5-1-2-6-15(14)26-19)18(25)22-10-12-8-21-9-12/h3-4,7,11-12,21H,1-2,5-6,8-10H2,(H,22,25)(H,23,24). The second-order valence-electron chi connectivity index (χ2n) is 6.85. The first-order valence-corrected chi connectivity index (χ1v) is 9.89. The van der Waals surface area contributed by atoms with E-state index in [-0.39, 0.29) is 11.8 Å². The molecule has 2 aliphatic rings. The number of fused-ring (bicyclic) bond motifs is 1. The second-order valence-corrected chi connectivity index (χ2v) is 7.95. The molecule has 0 atom stereocenters. The fourth-order valence-electron chi connectivity index (χ4n) is 3.38. The van der Waals surface area contributed by atoms with Crippen LogP contribution in [0.5, 0.6) is 0 Å². The highest BCUT2D eigenvalue weighted by Gasteiger charge is 2.27. The predicted octanol–water partition coefficient (Wildman–Crippen LogP) is 2.22. The van der Waals surface area contributed by atoms with Crippen LogP contribution in [0, 0.1) is 5.92 Å². The summed E-state index contributed by atoms with van der Waals surface area (Å²) in [6.07, 6.45) is 7.28. The second kappa shape index (κ2) is 7.55. The zero-order chi connectivity index (χ0) is 17.9. The van der Waals surface area contributed by atoms with Gasteiger partial charge in [0.2, 0.25) is 0 Å². The normalized spacial score (nSPS) is 16.5. The minimum atomic E-state index is -0.228. The first kappa shape index (κ1) is 17.2. The van der Waals surface area contributed by atoms with Crippen LogP contribution in [0.3, 0.4) is 0 Å². The minimum absolute atomic E-state index is 0.0715. The Hall–Kier alpha value is -2.25. The van der Waals surface area contributed by atoms with Crippen molar-refractivity contribution in [2.45, 2.75) is 25.7 Å². The zero-order valence-corrected chi connectivity index (χ0v) is 15.3. The summed E-state index contributed by atoms with van der Waals surface area (Å²) in [7, 11) is 0. The Bertz CT molecular complexity index is 814. The lowest BCUT2D eigenvalue weighted by Gasteiger charge is -2.27. The van der Waals surface area contributed by atoms with Gasteiger partial charge in [0.1, 0.15) is 5.00 Å². The first-order chi connectivity index (χ1) is 12.7. The van der Waals surface area contributed by atoms with Gasteiger partial charge in [-0.3, -0.25) is 14.6 Å². The van der Waals surface area contributed by atoms with Gasteiger partial charge >= 0.3 is 0 Å². The van der Waals surface area contributed by atoms with Gasteiger partial charge in [0.05, 0.1) is 11.1 Å². The third-order valence-corrected chi connectivity index (χ3v) is 6.17. The molecule has 1 aliphatic carbocycles. The molecule has 0 saturated carbocycles. The summed E-state index contributed by atoms with van der Waals surface area (Å²) in [6.45, 7) is 2.58. The summed E-state index contributed by atoms with van der Waals surface area (Å²) in [5.74, 6) is 0.202. The van der Waals surface area contributed by atoms with Crippen molar-refractivity contribution in [1.29, 1.82) is 0 Å². The lowest BCUT2D eigenvalue weighted by Crippen LogP contribution is -2.48. The van der Waals surface area contributed by atoms with Gasteiger partial charge in [-0.1, -0.05) is 0 Å². The van der Waals surface area contributed by atoms with Gasteiger partial charge in [-0.05, 0) is 43.4 Å². The maximum absolute atomic E-state index is 12.9. The van der Waals surface area contributed by atoms with E-state index in [1.54, 1.807) is 29.7 Å². The molecule has 1 fully saturated rings. The summed E-state index contributed by atoms with van der Waals surface area (Å²) in [6, 6.07) is 3.45. The lowest BCUT2D eigenvalue weighted by atomic mass is 9.95. The molecule has 7 heteroatoms. The maximum Gasteiger partial charge on any atom is 0.257 e. The highest BCUT2D eigenvalue weighted by molar-refractivity contribution is 7.17. The number of anilines is 1. The van der Waals surface area contributed by atoms with E-state index in [1.807, 2.05) is 0 Å². The van der Waals surface area contributed by atoms with E-state index < -0.39 is 0 Å². The van der Waals surface area contributed by atoms with Crippen molar-refractivity contribution in [2.75, 3.05) is 25.0 Å². The number of carbonyl (C=O) groups is 2. The fourth-order valence-corrected chi connectivity index (χ4v) is 4.67. The van der Waals surface area contributed by atoms with Crippen LogP contribution in [0.15, 0.2) is 24.5 Å². The molecular formula is C19H22N4O2S. The molecule has 0 spiro atoms. The minimum Gasteiger partial charge on any atom is -0.352 e. The Morgan fingerprint density at radius 3 is 2.81 bits per heavy atom. The Morgan fingerprint density at radius 2 is 2.08 bits per heavy atom. The number of pyridine rings is 1. The molecule has 2 aromatic heterocycles. The third kappa shape index (κ3) is 3.50. The third-order valence-electron chi connectivity index (χ3n) is 4.97. The van der Waals surface area contributed by atoms with E-state index in [2.05, 4.69) is 20.9 Å². The Kier molecular flexibility index (Phi) is 4.99. The summed E-state index contributed by atoms with van der Waals surface area (Å²) in [5.41, 5.74) is 2.27. The predicted molar refractivity (Wildman–Crippen MR) is 102 cm³/mol. The molecule has 0 bridgehead atoms. The lowest BCUT2D eigenvalue weighted by molar-refractivity contribution is 0.0942. The fraction of sp³-hybridized carbons (Fsp3) is 0.421. The van der Waals surface area contributed by atoms with Crippen LogP contribution in [0.1, 0.15) is 44.0 Å². The van der Waals surface area contributed by atoms with Crippen molar-refractivity contribution in [1.82, 2.24) is 15.6 Å². The van der Waals surface area contributed by atoms with E-state index >= 15 is 0 Å². The molecule has 26 heavy (non-hydrogen) atoms. The van der Waals surface area contributed by atoms with Crippen LogP contribution >= 0.6 is 11.3 Å². The van der Waals surface area contributed by atoms with Crippen LogP contribution < -0.4 is 16.0 Å². The van der Waals surface area contributed by atoms with E-state index in [4.69, 9.17) is 0 Å². The molecule has 1 aliphatic heterocycles. The van der Waals surface area contributed by atoms with Gasteiger partial charge in [0.15, 0.2) is 0 Å². The number of amides is 2. The molecule has 3 N–H and O–H groups in total. The number of nitrogens with one attached hydrogen (secondary N) is 3. The number of nitrogens with zero attached hydrogens (tertiary/aromatic N) is 1. The molecule has 0 aromatic carbocycles. The summed E-state index contributed by atoms with van der Waals surface area (Å²) >= 11 is 1.54. The molecule has 2 amide bonds. The molecule has 0 radical (unpaired) electrons. The number of aryl methyl sites for hydroxylation is 1. The number of carbonyl (C=O) groups excluding carboxylic acids is 2. The Labute approximate surface area is 156 Å². The molecule has 2 aromatic rings. The first-order valence-electron chi connectivity index (χ1n) is 9.07. The summed E-state index contributed by atoms with van der Waals surface area (Å²) < 4.78 is 0.